The Morgan fingerprint density at radius 2 is 1.71 bits per heavy atom. The van der Waals surface area contributed by atoms with Crippen molar-refractivity contribution in [2.45, 2.75) is 13.0 Å². The Balaban J connectivity index is 1.56. The van der Waals surface area contributed by atoms with Gasteiger partial charge in [0.25, 0.3) is 0 Å². The van der Waals surface area contributed by atoms with Crippen LogP contribution in [-0.4, -0.2) is 18.7 Å². The lowest BCUT2D eigenvalue weighted by molar-refractivity contribution is -0.144. The van der Waals surface area contributed by atoms with Gasteiger partial charge in [0, 0.05) is 5.56 Å². The summed E-state index contributed by atoms with van der Waals surface area (Å²) in [6.45, 7) is 1.89. The van der Waals surface area contributed by atoms with Gasteiger partial charge >= 0.3 is 5.97 Å². The van der Waals surface area contributed by atoms with Crippen molar-refractivity contribution in [3.05, 3.63) is 88.6 Å². The molecule has 6 nitrogen and oxygen atoms in total. The molecule has 31 heavy (non-hydrogen) atoms. The number of hydrogen-bond acceptors (Lipinski definition) is 6. The molecule has 0 amide bonds. The molecule has 5 rings (SSSR count). The summed E-state index contributed by atoms with van der Waals surface area (Å²) in [5, 5.41) is 0.333. The van der Waals surface area contributed by atoms with Gasteiger partial charge in [-0.2, -0.15) is 0 Å². The fraction of sp³-hybridized carbons (Fsp3) is 0.120. The molecule has 0 bridgehead atoms. The minimum Gasteiger partial charge on any atom is -0.485 e. The third kappa shape index (κ3) is 3.53. The van der Waals surface area contributed by atoms with Crippen molar-refractivity contribution in [1.29, 1.82) is 0 Å². The van der Waals surface area contributed by atoms with Gasteiger partial charge in [-0.1, -0.05) is 48.5 Å². The second-order valence-electron chi connectivity index (χ2n) is 7.24. The number of para-hydroxylation sites is 2. The van der Waals surface area contributed by atoms with Crippen molar-refractivity contribution in [3.63, 3.8) is 0 Å². The monoisotopic (exact) mass is 414 g/mol. The number of carbonyl (C=O) groups is 1. The highest BCUT2D eigenvalue weighted by atomic mass is 16.6. The highest BCUT2D eigenvalue weighted by Crippen LogP contribution is 2.33. The van der Waals surface area contributed by atoms with Crippen LogP contribution in [-0.2, 0) is 4.79 Å². The number of ether oxygens (including phenoxy) is 3. The molecular weight excluding hydrogens is 396 g/mol. The Labute approximate surface area is 177 Å². The molecule has 1 aliphatic rings. The fourth-order valence-electron chi connectivity index (χ4n) is 3.46. The maximum atomic E-state index is 13.2. The Hall–Kier alpha value is -4.06. The summed E-state index contributed by atoms with van der Waals surface area (Å²) in [5.74, 6) is 0.284. The van der Waals surface area contributed by atoms with Crippen LogP contribution in [0.15, 0.2) is 82.0 Å². The van der Waals surface area contributed by atoms with E-state index in [9.17, 15) is 9.59 Å². The Morgan fingerprint density at radius 3 is 2.52 bits per heavy atom. The molecule has 1 atom stereocenters. The van der Waals surface area contributed by atoms with Gasteiger partial charge in [0.2, 0.25) is 17.3 Å². The predicted molar refractivity (Wildman–Crippen MR) is 115 cm³/mol. The largest absolute Gasteiger partial charge is 0.485 e. The zero-order valence-corrected chi connectivity index (χ0v) is 16.7. The van der Waals surface area contributed by atoms with Gasteiger partial charge < -0.3 is 18.6 Å². The third-order valence-electron chi connectivity index (χ3n) is 5.02. The first-order valence-electron chi connectivity index (χ1n) is 9.83. The molecule has 3 aromatic carbocycles. The van der Waals surface area contributed by atoms with Crippen LogP contribution in [0.3, 0.4) is 0 Å². The van der Waals surface area contributed by atoms with E-state index in [1.165, 1.54) is 0 Å². The molecule has 0 aliphatic carbocycles. The number of aryl methyl sites for hydroxylation is 1. The van der Waals surface area contributed by atoms with E-state index in [2.05, 4.69) is 0 Å². The molecule has 0 saturated heterocycles. The standard InChI is InChI=1S/C25H18O6/c1-15-11-12-17-20(13-15)30-23(16-7-3-2-4-8-16)24(22(17)26)31-25(27)21-14-28-18-9-5-6-10-19(18)29-21/h2-13,21H,14H2,1H3/t21-/m0/s1. The van der Waals surface area contributed by atoms with Crippen LogP contribution in [0.5, 0.6) is 17.2 Å². The van der Waals surface area contributed by atoms with Crippen molar-refractivity contribution in [2.24, 2.45) is 0 Å². The van der Waals surface area contributed by atoms with Gasteiger partial charge in [-0.15, -0.1) is 0 Å². The fourth-order valence-corrected chi connectivity index (χ4v) is 3.46. The van der Waals surface area contributed by atoms with Crippen LogP contribution < -0.4 is 19.6 Å². The Kier molecular flexibility index (Phi) is 4.67. The maximum absolute atomic E-state index is 13.2. The number of esters is 1. The molecule has 0 radical (unpaired) electrons. The SMILES string of the molecule is Cc1ccc2c(=O)c(OC(=O)[C@@H]3COc4ccccc4O3)c(-c3ccccc3)oc2c1. The normalized spacial score (nSPS) is 14.9. The second-order valence-corrected chi connectivity index (χ2v) is 7.24. The summed E-state index contributed by atoms with van der Waals surface area (Å²) in [6, 6.07) is 21.4. The van der Waals surface area contributed by atoms with Crippen LogP contribution in [0.2, 0.25) is 0 Å². The molecule has 0 saturated carbocycles. The van der Waals surface area contributed by atoms with Crippen LogP contribution in [0.25, 0.3) is 22.3 Å². The Morgan fingerprint density at radius 1 is 0.968 bits per heavy atom. The molecular formula is C25H18O6. The summed E-state index contributed by atoms with van der Waals surface area (Å²) in [7, 11) is 0. The van der Waals surface area contributed by atoms with E-state index in [0.717, 1.165) is 5.56 Å². The Bertz CT molecular complexity index is 1340. The van der Waals surface area contributed by atoms with Gasteiger partial charge in [0.15, 0.2) is 17.3 Å². The lowest BCUT2D eigenvalue weighted by Gasteiger charge is -2.25. The highest BCUT2D eigenvalue weighted by molar-refractivity contribution is 5.86. The molecule has 0 N–H and O–H groups in total. The van der Waals surface area contributed by atoms with Crippen molar-refractivity contribution in [1.82, 2.24) is 0 Å². The van der Waals surface area contributed by atoms with E-state index in [1.54, 1.807) is 42.5 Å². The lowest BCUT2D eigenvalue weighted by atomic mass is 10.1. The van der Waals surface area contributed by atoms with Crippen LogP contribution in [0, 0.1) is 6.92 Å². The molecule has 6 heteroatoms. The zero-order valence-electron chi connectivity index (χ0n) is 16.7. The lowest BCUT2D eigenvalue weighted by Crippen LogP contribution is -2.40. The molecule has 0 spiro atoms. The molecule has 1 aromatic heterocycles. The minimum absolute atomic E-state index is 0.0192. The molecule has 2 heterocycles. The number of carbonyl (C=O) groups excluding carboxylic acids is 1. The smallest absolute Gasteiger partial charge is 0.356 e. The summed E-state index contributed by atoms with van der Waals surface area (Å²) >= 11 is 0. The van der Waals surface area contributed by atoms with Crippen LogP contribution in [0.4, 0.5) is 0 Å². The quantitative estimate of drug-likeness (QED) is 0.459. The van der Waals surface area contributed by atoms with Gasteiger partial charge in [0.1, 0.15) is 12.2 Å². The molecule has 4 aromatic rings. The summed E-state index contributed by atoms with van der Waals surface area (Å²) in [4.78, 5) is 26.1. The van der Waals surface area contributed by atoms with Gasteiger partial charge in [-0.25, -0.2) is 4.79 Å². The van der Waals surface area contributed by atoms with Crippen LogP contribution >= 0.6 is 0 Å². The summed E-state index contributed by atoms with van der Waals surface area (Å²) < 4.78 is 22.9. The number of fused-ring (bicyclic) bond motifs is 2. The van der Waals surface area contributed by atoms with Crippen LogP contribution in [0.1, 0.15) is 5.56 Å². The van der Waals surface area contributed by atoms with Crippen molar-refractivity contribution in [2.75, 3.05) is 6.61 Å². The zero-order chi connectivity index (χ0) is 21.4. The number of benzene rings is 3. The molecule has 0 unspecified atom stereocenters. The number of hydrogen-bond donors (Lipinski definition) is 0. The summed E-state index contributed by atoms with van der Waals surface area (Å²) in [6.07, 6.45) is -1.01. The third-order valence-corrected chi connectivity index (χ3v) is 5.02. The van der Waals surface area contributed by atoms with E-state index in [4.69, 9.17) is 18.6 Å². The first-order chi connectivity index (χ1) is 15.1. The van der Waals surface area contributed by atoms with Crippen molar-refractivity contribution >= 4 is 16.9 Å². The molecule has 0 fully saturated rings. The first-order valence-corrected chi connectivity index (χ1v) is 9.83. The average Bonchev–Trinajstić information content (AvgIpc) is 2.80. The highest BCUT2D eigenvalue weighted by Gasteiger charge is 2.31. The van der Waals surface area contributed by atoms with Gasteiger partial charge in [0.05, 0.1) is 5.39 Å². The van der Waals surface area contributed by atoms with E-state index in [0.29, 0.717) is 28.0 Å². The predicted octanol–water partition coefficient (Wildman–Crippen LogP) is 4.51. The average molecular weight is 414 g/mol. The molecule has 1 aliphatic heterocycles. The topological polar surface area (TPSA) is 75.0 Å². The van der Waals surface area contributed by atoms with Gasteiger partial charge in [-0.3, -0.25) is 4.79 Å². The number of rotatable bonds is 3. The van der Waals surface area contributed by atoms with E-state index < -0.39 is 17.5 Å². The molecule has 154 valence electrons. The minimum atomic E-state index is -1.01. The van der Waals surface area contributed by atoms with Crippen molar-refractivity contribution in [3.8, 4) is 28.6 Å². The van der Waals surface area contributed by atoms with E-state index >= 15 is 0 Å². The first kappa shape index (κ1) is 18.9. The van der Waals surface area contributed by atoms with Crippen molar-refractivity contribution < 1.29 is 23.4 Å². The van der Waals surface area contributed by atoms with E-state index in [-0.39, 0.29) is 18.1 Å². The maximum Gasteiger partial charge on any atom is 0.356 e. The van der Waals surface area contributed by atoms with E-state index in [1.807, 2.05) is 37.3 Å². The van der Waals surface area contributed by atoms with Gasteiger partial charge in [-0.05, 0) is 36.8 Å². The summed E-state index contributed by atoms with van der Waals surface area (Å²) in [5.41, 5.74) is 1.57. The second kappa shape index (κ2) is 7.65.